The van der Waals surface area contributed by atoms with Crippen molar-refractivity contribution >= 4 is 0 Å². The summed E-state index contributed by atoms with van der Waals surface area (Å²) in [5, 5.41) is 18.4. The number of benzene rings is 1. The van der Waals surface area contributed by atoms with Crippen LogP contribution in [0.1, 0.15) is 19.4 Å². The molecule has 0 aromatic heterocycles. The maximum atomic E-state index is 9.29. The summed E-state index contributed by atoms with van der Waals surface area (Å²) in [7, 11) is 0. The zero-order valence-electron chi connectivity index (χ0n) is 10.8. The summed E-state index contributed by atoms with van der Waals surface area (Å²) in [5.74, 6) is 0. The van der Waals surface area contributed by atoms with Gasteiger partial charge in [-0.1, -0.05) is 44.2 Å². The van der Waals surface area contributed by atoms with E-state index in [1.165, 1.54) is 5.56 Å². The van der Waals surface area contributed by atoms with E-state index >= 15 is 0 Å². The molecule has 3 heteroatoms. The Kier molecular flexibility index (Phi) is 5.62. The van der Waals surface area contributed by atoms with E-state index in [1.54, 1.807) is 0 Å². The third-order valence-corrected chi connectivity index (χ3v) is 2.74. The van der Waals surface area contributed by atoms with Gasteiger partial charge in [0.15, 0.2) is 0 Å². The van der Waals surface area contributed by atoms with E-state index < -0.39 is 0 Å². The minimum Gasteiger partial charge on any atom is -0.396 e. The summed E-state index contributed by atoms with van der Waals surface area (Å²) in [6.45, 7) is 6.59. The van der Waals surface area contributed by atoms with E-state index in [4.69, 9.17) is 5.11 Å². The molecule has 0 saturated heterocycles. The lowest BCUT2D eigenvalue weighted by Crippen LogP contribution is -2.37. The highest BCUT2D eigenvalue weighted by Crippen LogP contribution is 2.17. The van der Waals surface area contributed by atoms with E-state index in [9.17, 15) is 5.11 Å². The van der Waals surface area contributed by atoms with Gasteiger partial charge < -0.3 is 10.2 Å². The van der Waals surface area contributed by atoms with Gasteiger partial charge in [0, 0.05) is 31.7 Å². The fourth-order valence-electron chi connectivity index (χ4n) is 1.85. The standard InChI is InChI=1S/C14H23NO2/c1-14(2,12-17)11-15(8-9-16)10-13-6-4-3-5-7-13/h3-7,16-17H,8-12H2,1-2H3. The van der Waals surface area contributed by atoms with Gasteiger partial charge in [-0.3, -0.25) is 4.90 Å². The first-order valence-electron chi connectivity index (χ1n) is 6.05. The first-order chi connectivity index (χ1) is 8.07. The lowest BCUT2D eigenvalue weighted by Gasteiger charge is -2.31. The van der Waals surface area contributed by atoms with Crippen LogP contribution in [0.2, 0.25) is 0 Å². The summed E-state index contributed by atoms with van der Waals surface area (Å²) in [5.41, 5.74) is 1.10. The number of nitrogens with zero attached hydrogens (tertiary/aromatic N) is 1. The molecular weight excluding hydrogens is 214 g/mol. The lowest BCUT2D eigenvalue weighted by atomic mass is 9.94. The molecule has 1 aromatic rings. The first-order valence-corrected chi connectivity index (χ1v) is 6.05. The zero-order valence-corrected chi connectivity index (χ0v) is 10.8. The molecule has 0 atom stereocenters. The molecule has 0 radical (unpaired) electrons. The number of hydrogen-bond acceptors (Lipinski definition) is 3. The zero-order chi connectivity index (χ0) is 12.7. The molecule has 17 heavy (non-hydrogen) atoms. The molecule has 1 aromatic carbocycles. The van der Waals surface area contributed by atoms with Crippen molar-refractivity contribution in [1.29, 1.82) is 0 Å². The van der Waals surface area contributed by atoms with Crippen LogP contribution in [0, 0.1) is 5.41 Å². The van der Waals surface area contributed by atoms with E-state index in [1.807, 2.05) is 32.0 Å². The largest absolute Gasteiger partial charge is 0.396 e. The molecule has 96 valence electrons. The minimum absolute atomic E-state index is 0.135. The molecule has 0 fully saturated rings. The van der Waals surface area contributed by atoms with Gasteiger partial charge in [0.25, 0.3) is 0 Å². The van der Waals surface area contributed by atoms with Crippen LogP contribution >= 0.6 is 0 Å². The average Bonchev–Trinajstić information content (AvgIpc) is 2.30. The Hall–Kier alpha value is -0.900. The van der Waals surface area contributed by atoms with Gasteiger partial charge >= 0.3 is 0 Å². The van der Waals surface area contributed by atoms with Gasteiger partial charge in [-0.15, -0.1) is 0 Å². The van der Waals surface area contributed by atoms with Gasteiger partial charge in [-0.2, -0.15) is 0 Å². The molecule has 3 nitrogen and oxygen atoms in total. The number of rotatable bonds is 7. The molecule has 2 N–H and O–H groups in total. The van der Waals surface area contributed by atoms with Crippen molar-refractivity contribution in [2.75, 3.05) is 26.3 Å². The lowest BCUT2D eigenvalue weighted by molar-refractivity contribution is 0.0872. The highest BCUT2D eigenvalue weighted by molar-refractivity contribution is 5.14. The third kappa shape index (κ3) is 5.31. The van der Waals surface area contributed by atoms with Crippen LogP contribution in [0.5, 0.6) is 0 Å². The number of hydrogen-bond donors (Lipinski definition) is 2. The topological polar surface area (TPSA) is 43.7 Å². The van der Waals surface area contributed by atoms with Gasteiger partial charge in [-0.05, 0) is 5.56 Å². The van der Waals surface area contributed by atoms with Crippen molar-refractivity contribution in [3.8, 4) is 0 Å². The quantitative estimate of drug-likeness (QED) is 0.755. The molecule has 0 unspecified atom stereocenters. The fourth-order valence-corrected chi connectivity index (χ4v) is 1.85. The summed E-state index contributed by atoms with van der Waals surface area (Å²) < 4.78 is 0. The summed E-state index contributed by atoms with van der Waals surface area (Å²) in [6.07, 6.45) is 0. The summed E-state index contributed by atoms with van der Waals surface area (Å²) in [6, 6.07) is 10.2. The Bertz CT molecular complexity index is 311. The Morgan fingerprint density at radius 1 is 1.12 bits per heavy atom. The van der Waals surface area contributed by atoms with E-state index in [0.717, 1.165) is 13.1 Å². The third-order valence-electron chi connectivity index (χ3n) is 2.74. The number of aliphatic hydroxyl groups is 2. The molecular formula is C14H23NO2. The van der Waals surface area contributed by atoms with Crippen LogP contribution in [0.3, 0.4) is 0 Å². The highest BCUT2D eigenvalue weighted by atomic mass is 16.3. The van der Waals surface area contributed by atoms with Crippen LogP contribution in [0.25, 0.3) is 0 Å². The van der Waals surface area contributed by atoms with Crippen LogP contribution in [-0.2, 0) is 6.54 Å². The maximum absolute atomic E-state index is 9.29. The van der Waals surface area contributed by atoms with Crippen LogP contribution < -0.4 is 0 Å². The first kappa shape index (κ1) is 14.2. The Balaban J connectivity index is 2.60. The Labute approximate surface area is 104 Å². The highest BCUT2D eigenvalue weighted by Gasteiger charge is 2.20. The van der Waals surface area contributed by atoms with Crippen LogP contribution in [0.4, 0.5) is 0 Å². The van der Waals surface area contributed by atoms with Crippen molar-refractivity contribution < 1.29 is 10.2 Å². The van der Waals surface area contributed by atoms with Crippen molar-refractivity contribution in [1.82, 2.24) is 4.90 Å². The van der Waals surface area contributed by atoms with E-state index in [0.29, 0.717) is 6.54 Å². The smallest absolute Gasteiger partial charge is 0.0558 e. The normalized spacial score (nSPS) is 12.1. The van der Waals surface area contributed by atoms with Gasteiger partial charge in [0.05, 0.1) is 6.61 Å². The molecule has 0 amide bonds. The molecule has 0 spiro atoms. The fraction of sp³-hybridized carbons (Fsp3) is 0.571. The van der Waals surface area contributed by atoms with Crippen molar-refractivity contribution in [3.63, 3.8) is 0 Å². The predicted octanol–water partition coefficient (Wildman–Crippen LogP) is 1.50. The molecule has 0 saturated carbocycles. The average molecular weight is 237 g/mol. The molecule has 0 aliphatic heterocycles. The van der Waals surface area contributed by atoms with Gasteiger partial charge in [-0.25, -0.2) is 0 Å². The predicted molar refractivity (Wildman–Crippen MR) is 69.7 cm³/mol. The van der Waals surface area contributed by atoms with E-state index in [2.05, 4.69) is 17.0 Å². The Morgan fingerprint density at radius 3 is 2.29 bits per heavy atom. The van der Waals surface area contributed by atoms with Crippen LogP contribution in [-0.4, -0.2) is 41.4 Å². The molecule has 0 aliphatic carbocycles. The van der Waals surface area contributed by atoms with E-state index in [-0.39, 0.29) is 18.6 Å². The second-order valence-corrected chi connectivity index (χ2v) is 5.24. The van der Waals surface area contributed by atoms with Crippen molar-refractivity contribution in [2.24, 2.45) is 5.41 Å². The van der Waals surface area contributed by atoms with Gasteiger partial charge in [0.2, 0.25) is 0 Å². The van der Waals surface area contributed by atoms with Crippen molar-refractivity contribution in [2.45, 2.75) is 20.4 Å². The second-order valence-electron chi connectivity index (χ2n) is 5.24. The minimum atomic E-state index is -0.135. The van der Waals surface area contributed by atoms with Gasteiger partial charge in [0.1, 0.15) is 0 Å². The summed E-state index contributed by atoms with van der Waals surface area (Å²) in [4.78, 5) is 2.17. The maximum Gasteiger partial charge on any atom is 0.0558 e. The second kappa shape index (κ2) is 6.74. The summed E-state index contributed by atoms with van der Waals surface area (Å²) >= 11 is 0. The molecule has 1 rings (SSSR count). The molecule has 0 aliphatic rings. The Morgan fingerprint density at radius 2 is 1.76 bits per heavy atom. The molecule has 0 bridgehead atoms. The van der Waals surface area contributed by atoms with Crippen LogP contribution in [0.15, 0.2) is 30.3 Å². The number of aliphatic hydroxyl groups excluding tert-OH is 2. The SMILES string of the molecule is CC(C)(CO)CN(CCO)Cc1ccccc1. The molecule has 0 heterocycles. The van der Waals surface area contributed by atoms with Crippen molar-refractivity contribution in [3.05, 3.63) is 35.9 Å². The monoisotopic (exact) mass is 237 g/mol.